The number of amides is 1. The number of aliphatic hydroxyl groups is 1. The lowest BCUT2D eigenvalue weighted by molar-refractivity contribution is 0.101. The number of aryl methyl sites for hydroxylation is 1. The van der Waals surface area contributed by atoms with E-state index in [0.717, 1.165) is 11.0 Å². The summed E-state index contributed by atoms with van der Waals surface area (Å²) in [6, 6.07) is 5.34. The van der Waals surface area contributed by atoms with Crippen molar-refractivity contribution in [2.45, 2.75) is 13.0 Å². The number of rotatable bonds is 3. The molecule has 0 aliphatic carbocycles. The molecule has 0 saturated carbocycles. The van der Waals surface area contributed by atoms with Gasteiger partial charge < -0.3 is 20.0 Å². The average Bonchev–Trinajstić information content (AvgIpc) is 3.04. The summed E-state index contributed by atoms with van der Waals surface area (Å²) in [5.74, 6) is 0.268. The Morgan fingerprint density at radius 3 is 2.95 bits per heavy atom. The van der Waals surface area contributed by atoms with Crippen LogP contribution in [0.15, 0.2) is 30.7 Å². The zero-order valence-electron chi connectivity index (χ0n) is 11.7. The second kappa shape index (κ2) is 5.02. The van der Waals surface area contributed by atoms with Gasteiger partial charge in [0, 0.05) is 12.7 Å². The largest absolute Gasteiger partial charge is 0.385 e. The molecule has 0 saturated heterocycles. The summed E-state index contributed by atoms with van der Waals surface area (Å²) in [5, 5.41) is 12.3. The van der Waals surface area contributed by atoms with Gasteiger partial charge in [0.25, 0.3) is 5.91 Å². The summed E-state index contributed by atoms with van der Waals surface area (Å²) in [6.07, 6.45) is 2.42. The van der Waals surface area contributed by atoms with Gasteiger partial charge in [-0.1, -0.05) is 0 Å². The van der Waals surface area contributed by atoms with Gasteiger partial charge in [-0.3, -0.25) is 4.79 Å². The van der Waals surface area contributed by atoms with E-state index in [1.807, 2.05) is 0 Å². The van der Waals surface area contributed by atoms with Crippen LogP contribution in [0.1, 0.15) is 29.3 Å². The molecular weight excluding hydrogens is 270 g/mol. The minimum absolute atomic E-state index is 0.232. The minimum Gasteiger partial charge on any atom is -0.385 e. The Hall–Kier alpha value is -2.67. The molecule has 2 heterocycles. The van der Waals surface area contributed by atoms with Crippen molar-refractivity contribution < 1.29 is 9.90 Å². The Balaban J connectivity index is 1.87. The highest BCUT2D eigenvalue weighted by Crippen LogP contribution is 2.20. The van der Waals surface area contributed by atoms with Crippen LogP contribution in [-0.4, -0.2) is 30.5 Å². The maximum atomic E-state index is 12.1. The SMILES string of the molecule is CC(O)c1nc2ccc(NC(=O)c3cncn3C)cc2[nH]1. The third kappa shape index (κ3) is 2.50. The molecule has 1 unspecified atom stereocenters. The topological polar surface area (TPSA) is 95.8 Å². The van der Waals surface area contributed by atoms with Crippen molar-refractivity contribution in [3.63, 3.8) is 0 Å². The molecule has 108 valence electrons. The van der Waals surface area contributed by atoms with Crippen LogP contribution >= 0.6 is 0 Å². The maximum Gasteiger partial charge on any atom is 0.273 e. The molecule has 2 aromatic heterocycles. The molecule has 1 amide bonds. The Bertz CT molecular complexity index is 803. The van der Waals surface area contributed by atoms with Crippen molar-refractivity contribution >= 4 is 22.6 Å². The molecule has 3 N–H and O–H groups in total. The molecule has 1 aromatic carbocycles. The maximum absolute atomic E-state index is 12.1. The number of nitrogens with one attached hydrogen (secondary N) is 2. The fourth-order valence-corrected chi connectivity index (χ4v) is 2.08. The number of carbonyl (C=O) groups excluding carboxylic acids is 1. The molecule has 7 nitrogen and oxygen atoms in total. The molecule has 0 bridgehead atoms. The van der Waals surface area contributed by atoms with Crippen molar-refractivity contribution in [3.05, 3.63) is 42.2 Å². The van der Waals surface area contributed by atoms with E-state index in [2.05, 4.69) is 20.3 Å². The van der Waals surface area contributed by atoms with Crippen LogP contribution < -0.4 is 5.32 Å². The zero-order valence-corrected chi connectivity index (χ0v) is 11.7. The van der Waals surface area contributed by atoms with Crippen molar-refractivity contribution in [3.8, 4) is 0 Å². The lowest BCUT2D eigenvalue weighted by Gasteiger charge is -2.05. The molecule has 0 fully saturated rings. The second-order valence-electron chi connectivity index (χ2n) is 4.87. The van der Waals surface area contributed by atoms with Gasteiger partial charge in [0.05, 0.1) is 23.6 Å². The average molecular weight is 285 g/mol. The zero-order chi connectivity index (χ0) is 15.0. The lowest BCUT2D eigenvalue weighted by Crippen LogP contribution is -2.15. The van der Waals surface area contributed by atoms with Gasteiger partial charge in [0.1, 0.15) is 17.6 Å². The number of carbonyl (C=O) groups is 1. The summed E-state index contributed by atoms with van der Waals surface area (Å²) in [4.78, 5) is 23.3. The molecule has 1 atom stereocenters. The Morgan fingerprint density at radius 1 is 1.48 bits per heavy atom. The molecule has 0 aliphatic rings. The predicted molar refractivity (Wildman–Crippen MR) is 77.9 cm³/mol. The van der Waals surface area contributed by atoms with Gasteiger partial charge in [-0.05, 0) is 25.1 Å². The van der Waals surface area contributed by atoms with E-state index in [0.29, 0.717) is 17.2 Å². The lowest BCUT2D eigenvalue weighted by atomic mass is 10.2. The Labute approximate surface area is 120 Å². The standard InChI is InChI=1S/C14H15N5O2/c1-8(20)13-17-10-4-3-9(5-11(10)18-13)16-14(21)12-6-15-7-19(12)2/h3-8,20H,1-2H3,(H,16,21)(H,17,18). The number of H-pyrrole nitrogens is 1. The Kier molecular flexibility index (Phi) is 3.19. The van der Waals surface area contributed by atoms with Gasteiger partial charge >= 0.3 is 0 Å². The van der Waals surface area contributed by atoms with Crippen LogP contribution in [0.4, 0.5) is 5.69 Å². The Morgan fingerprint density at radius 2 is 2.29 bits per heavy atom. The van der Waals surface area contributed by atoms with Crippen molar-refractivity contribution in [2.75, 3.05) is 5.32 Å². The molecule has 7 heteroatoms. The highest BCUT2D eigenvalue weighted by Gasteiger charge is 2.12. The van der Waals surface area contributed by atoms with E-state index in [1.165, 1.54) is 6.20 Å². The van der Waals surface area contributed by atoms with Gasteiger partial charge in [-0.15, -0.1) is 0 Å². The van der Waals surface area contributed by atoms with Gasteiger partial charge in [-0.2, -0.15) is 0 Å². The van der Waals surface area contributed by atoms with E-state index < -0.39 is 6.10 Å². The molecule has 0 spiro atoms. The van der Waals surface area contributed by atoms with Crippen LogP contribution in [0.25, 0.3) is 11.0 Å². The highest BCUT2D eigenvalue weighted by atomic mass is 16.3. The smallest absolute Gasteiger partial charge is 0.273 e. The monoisotopic (exact) mass is 285 g/mol. The van der Waals surface area contributed by atoms with Gasteiger partial charge in [0.2, 0.25) is 0 Å². The number of aromatic amines is 1. The first-order chi connectivity index (χ1) is 10.0. The summed E-state index contributed by atoms with van der Waals surface area (Å²) in [7, 11) is 1.76. The summed E-state index contributed by atoms with van der Waals surface area (Å²) < 4.78 is 1.65. The van der Waals surface area contributed by atoms with E-state index in [1.54, 1.807) is 43.1 Å². The van der Waals surface area contributed by atoms with Crippen LogP contribution in [0, 0.1) is 0 Å². The predicted octanol–water partition coefficient (Wildman–Crippen LogP) is 1.60. The third-order valence-corrected chi connectivity index (χ3v) is 3.20. The van der Waals surface area contributed by atoms with Crippen molar-refractivity contribution in [1.29, 1.82) is 0 Å². The van der Waals surface area contributed by atoms with Crippen LogP contribution in [-0.2, 0) is 7.05 Å². The molecule has 21 heavy (non-hydrogen) atoms. The fourth-order valence-electron chi connectivity index (χ4n) is 2.08. The number of hydrogen-bond donors (Lipinski definition) is 3. The summed E-state index contributed by atoms with van der Waals surface area (Å²) in [5.41, 5.74) is 2.62. The molecular formula is C14H15N5O2. The molecule has 0 aliphatic heterocycles. The molecule has 3 aromatic rings. The first-order valence-corrected chi connectivity index (χ1v) is 6.50. The van der Waals surface area contributed by atoms with E-state index >= 15 is 0 Å². The number of aliphatic hydroxyl groups excluding tert-OH is 1. The number of fused-ring (bicyclic) bond motifs is 1. The van der Waals surface area contributed by atoms with Crippen molar-refractivity contribution in [1.82, 2.24) is 19.5 Å². The highest BCUT2D eigenvalue weighted by molar-refractivity contribution is 6.03. The van der Waals surface area contributed by atoms with Gasteiger partial charge in [-0.25, -0.2) is 9.97 Å². The number of hydrogen-bond acceptors (Lipinski definition) is 4. The van der Waals surface area contributed by atoms with Crippen molar-refractivity contribution in [2.24, 2.45) is 7.05 Å². The number of nitrogens with zero attached hydrogens (tertiary/aromatic N) is 3. The number of anilines is 1. The van der Waals surface area contributed by atoms with E-state index in [-0.39, 0.29) is 5.91 Å². The summed E-state index contributed by atoms with van der Waals surface area (Å²) >= 11 is 0. The normalized spacial score (nSPS) is 12.5. The number of aromatic nitrogens is 4. The molecule has 3 rings (SSSR count). The van der Waals surface area contributed by atoms with E-state index in [4.69, 9.17) is 0 Å². The number of imidazole rings is 2. The first kappa shape index (κ1) is 13.3. The minimum atomic E-state index is -0.662. The van der Waals surface area contributed by atoms with Crippen LogP contribution in [0.5, 0.6) is 0 Å². The van der Waals surface area contributed by atoms with Crippen LogP contribution in [0.3, 0.4) is 0 Å². The van der Waals surface area contributed by atoms with E-state index in [9.17, 15) is 9.90 Å². The number of benzene rings is 1. The van der Waals surface area contributed by atoms with Crippen LogP contribution in [0.2, 0.25) is 0 Å². The molecule has 0 radical (unpaired) electrons. The van der Waals surface area contributed by atoms with Gasteiger partial charge in [0.15, 0.2) is 0 Å². The summed E-state index contributed by atoms with van der Waals surface area (Å²) in [6.45, 7) is 1.64. The second-order valence-corrected chi connectivity index (χ2v) is 4.87. The quantitative estimate of drug-likeness (QED) is 0.681. The third-order valence-electron chi connectivity index (χ3n) is 3.20. The first-order valence-electron chi connectivity index (χ1n) is 6.50. The fraction of sp³-hybridized carbons (Fsp3) is 0.214.